The normalized spacial score (nSPS) is 24.7. The summed E-state index contributed by atoms with van der Waals surface area (Å²) in [5.74, 6) is -4.51. The van der Waals surface area contributed by atoms with E-state index in [1.165, 1.54) is 0 Å². The zero-order valence-corrected chi connectivity index (χ0v) is 10.5. The zero-order valence-electron chi connectivity index (χ0n) is 10.5. The van der Waals surface area contributed by atoms with Crippen LogP contribution in [0.1, 0.15) is 30.6 Å². The number of benzene rings is 1. The molecule has 2 rings (SSSR count). The Bertz CT molecular complexity index is 508. The van der Waals surface area contributed by atoms with Gasteiger partial charge in [-0.1, -0.05) is 13.8 Å². The van der Waals surface area contributed by atoms with Gasteiger partial charge in [0, 0.05) is 23.6 Å². The first-order chi connectivity index (χ1) is 8.73. The van der Waals surface area contributed by atoms with Crippen LogP contribution in [-0.4, -0.2) is 23.2 Å². The number of hydrogen-bond donors (Lipinski definition) is 2. The minimum absolute atomic E-state index is 0.323. The molecule has 6 heteroatoms. The zero-order chi connectivity index (χ0) is 14.4. The molecule has 0 bridgehead atoms. The van der Waals surface area contributed by atoms with Gasteiger partial charge in [-0.3, -0.25) is 4.79 Å². The Balaban J connectivity index is 2.18. The van der Waals surface area contributed by atoms with Crippen LogP contribution in [0.25, 0.3) is 0 Å². The molecule has 0 spiro atoms. The van der Waals surface area contributed by atoms with Crippen LogP contribution >= 0.6 is 0 Å². The molecule has 1 aliphatic carbocycles. The van der Waals surface area contributed by atoms with Gasteiger partial charge < -0.3 is 10.4 Å². The van der Waals surface area contributed by atoms with E-state index in [9.17, 15) is 23.1 Å². The van der Waals surface area contributed by atoms with E-state index >= 15 is 0 Å². The molecule has 0 heterocycles. The van der Waals surface area contributed by atoms with Crippen molar-refractivity contribution in [1.82, 2.24) is 5.32 Å². The minimum Gasteiger partial charge on any atom is -0.392 e. The fourth-order valence-corrected chi connectivity index (χ4v) is 2.14. The maximum absolute atomic E-state index is 13.4. The van der Waals surface area contributed by atoms with Crippen LogP contribution in [-0.2, 0) is 0 Å². The summed E-state index contributed by atoms with van der Waals surface area (Å²) in [6.07, 6.45) is -0.246. The van der Waals surface area contributed by atoms with Crippen LogP contribution in [0.2, 0.25) is 0 Å². The maximum Gasteiger partial charge on any atom is 0.257 e. The standard InChI is InChI=1S/C13H14F3NO2/c1-13(2)9(5-10(13)18)17-12(19)11-7(15)3-6(14)4-8(11)16/h3-4,9-10,18H,5H2,1-2H3,(H,17,19). The van der Waals surface area contributed by atoms with Gasteiger partial charge >= 0.3 is 0 Å². The Morgan fingerprint density at radius 3 is 2.26 bits per heavy atom. The molecule has 19 heavy (non-hydrogen) atoms. The lowest BCUT2D eigenvalue weighted by molar-refractivity contribution is -0.0690. The molecule has 1 fully saturated rings. The summed E-state index contributed by atoms with van der Waals surface area (Å²) in [7, 11) is 0. The molecular formula is C13H14F3NO2. The number of aliphatic hydroxyl groups is 1. The molecule has 0 aromatic heterocycles. The first-order valence-corrected chi connectivity index (χ1v) is 5.87. The Labute approximate surface area is 108 Å². The third-order valence-corrected chi connectivity index (χ3v) is 3.76. The van der Waals surface area contributed by atoms with Crippen LogP contribution in [0.5, 0.6) is 0 Å². The molecular weight excluding hydrogens is 259 g/mol. The molecule has 0 aliphatic heterocycles. The second-order valence-electron chi connectivity index (χ2n) is 5.34. The number of carbonyl (C=O) groups excluding carboxylic acids is 1. The second-order valence-corrected chi connectivity index (χ2v) is 5.34. The molecule has 0 saturated heterocycles. The van der Waals surface area contributed by atoms with Gasteiger partial charge in [0.25, 0.3) is 5.91 Å². The van der Waals surface area contributed by atoms with Crippen molar-refractivity contribution in [2.75, 3.05) is 0 Å². The maximum atomic E-state index is 13.4. The van der Waals surface area contributed by atoms with Gasteiger partial charge in [-0.25, -0.2) is 13.2 Å². The summed E-state index contributed by atoms with van der Waals surface area (Å²) in [4.78, 5) is 11.8. The van der Waals surface area contributed by atoms with E-state index in [-0.39, 0.29) is 6.04 Å². The number of carbonyl (C=O) groups is 1. The fraction of sp³-hybridized carbons (Fsp3) is 0.462. The van der Waals surface area contributed by atoms with Gasteiger partial charge in [-0.15, -0.1) is 0 Å². The van der Waals surface area contributed by atoms with Gasteiger partial charge in [-0.2, -0.15) is 0 Å². The highest BCUT2D eigenvalue weighted by molar-refractivity contribution is 5.95. The van der Waals surface area contributed by atoms with E-state index in [2.05, 4.69) is 5.32 Å². The Kier molecular flexibility index (Phi) is 3.30. The van der Waals surface area contributed by atoms with Gasteiger partial charge in [-0.05, 0) is 6.42 Å². The molecule has 2 unspecified atom stereocenters. The van der Waals surface area contributed by atoms with E-state index in [4.69, 9.17) is 0 Å². The van der Waals surface area contributed by atoms with Crippen molar-refractivity contribution in [3.05, 3.63) is 35.1 Å². The lowest BCUT2D eigenvalue weighted by Gasteiger charge is -2.49. The van der Waals surface area contributed by atoms with Gasteiger partial charge in [0.15, 0.2) is 0 Å². The predicted octanol–water partition coefficient (Wildman–Crippen LogP) is 1.99. The van der Waals surface area contributed by atoms with Crippen molar-refractivity contribution in [1.29, 1.82) is 0 Å². The summed E-state index contributed by atoms with van der Waals surface area (Å²) in [6, 6.07) is 0.538. The van der Waals surface area contributed by atoms with Gasteiger partial charge in [0.05, 0.1) is 6.10 Å². The third kappa shape index (κ3) is 2.32. The lowest BCUT2D eigenvalue weighted by atomic mass is 9.64. The SMILES string of the molecule is CC1(C)C(O)CC1NC(=O)c1c(F)cc(F)cc1F. The van der Waals surface area contributed by atoms with Gasteiger partial charge in [0.1, 0.15) is 23.0 Å². The highest BCUT2D eigenvalue weighted by Gasteiger charge is 2.48. The molecule has 1 aromatic carbocycles. The smallest absolute Gasteiger partial charge is 0.257 e. The van der Waals surface area contributed by atoms with E-state index in [0.717, 1.165) is 0 Å². The molecule has 2 atom stereocenters. The molecule has 1 saturated carbocycles. The second kappa shape index (κ2) is 4.52. The van der Waals surface area contributed by atoms with Crippen LogP contribution in [0.3, 0.4) is 0 Å². The summed E-state index contributed by atoms with van der Waals surface area (Å²) >= 11 is 0. The van der Waals surface area contributed by atoms with E-state index in [1.54, 1.807) is 13.8 Å². The first kappa shape index (κ1) is 13.9. The summed E-state index contributed by atoms with van der Waals surface area (Å²) in [6.45, 7) is 3.48. The molecule has 1 aromatic rings. The highest BCUT2D eigenvalue weighted by Crippen LogP contribution is 2.40. The van der Waals surface area contributed by atoms with Crippen molar-refractivity contribution in [2.45, 2.75) is 32.4 Å². The quantitative estimate of drug-likeness (QED) is 0.865. The Morgan fingerprint density at radius 1 is 1.32 bits per heavy atom. The number of halogens is 3. The van der Waals surface area contributed by atoms with Crippen LogP contribution < -0.4 is 5.32 Å². The van der Waals surface area contributed by atoms with Crippen molar-refractivity contribution in [2.24, 2.45) is 5.41 Å². The van der Waals surface area contributed by atoms with Gasteiger partial charge in [0.2, 0.25) is 0 Å². The van der Waals surface area contributed by atoms with Crippen molar-refractivity contribution in [3.63, 3.8) is 0 Å². The summed E-state index contributed by atoms with van der Waals surface area (Å²) in [5, 5.41) is 12.0. The molecule has 3 nitrogen and oxygen atoms in total. The van der Waals surface area contributed by atoms with Crippen molar-refractivity contribution >= 4 is 5.91 Å². The number of nitrogens with one attached hydrogen (secondary N) is 1. The van der Waals surface area contributed by atoms with E-state index in [1.807, 2.05) is 0 Å². The number of rotatable bonds is 2. The third-order valence-electron chi connectivity index (χ3n) is 3.76. The number of amides is 1. The lowest BCUT2D eigenvalue weighted by Crippen LogP contribution is -2.61. The largest absolute Gasteiger partial charge is 0.392 e. The fourth-order valence-electron chi connectivity index (χ4n) is 2.14. The molecule has 2 N–H and O–H groups in total. The highest BCUT2D eigenvalue weighted by atomic mass is 19.1. The van der Waals surface area contributed by atoms with Crippen LogP contribution in [0.15, 0.2) is 12.1 Å². The molecule has 1 aliphatic rings. The van der Waals surface area contributed by atoms with Crippen molar-refractivity contribution < 1.29 is 23.1 Å². The van der Waals surface area contributed by atoms with Crippen LogP contribution in [0, 0.1) is 22.9 Å². The van der Waals surface area contributed by atoms with E-state index in [0.29, 0.717) is 18.6 Å². The monoisotopic (exact) mass is 273 g/mol. The average Bonchev–Trinajstić information content (AvgIpc) is 2.27. The number of hydrogen-bond acceptors (Lipinski definition) is 2. The predicted molar refractivity (Wildman–Crippen MR) is 62.0 cm³/mol. The molecule has 104 valence electrons. The minimum atomic E-state index is -1.24. The summed E-state index contributed by atoms with van der Waals surface area (Å²) < 4.78 is 39.6. The molecule has 1 amide bonds. The van der Waals surface area contributed by atoms with Crippen LogP contribution in [0.4, 0.5) is 13.2 Å². The van der Waals surface area contributed by atoms with Crippen molar-refractivity contribution in [3.8, 4) is 0 Å². The molecule has 0 radical (unpaired) electrons. The first-order valence-electron chi connectivity index (χ1n) is 5.87. The summed E-state index contributed by atoms with van der Waals surface area (Å²) in [5.41, 5.74) is -1.36. The topological polar surface area (TPSA) is 49.3 Å². The Hall–Kier alpha value is -1.56. The number of aliphatic hydroxyl groups excluding tert-OH is 1. The Morgan fingerprint density at radius 2 is 1.84 bits per heavy atom. The average molecular weight is 273 g/mol. The van der Waals surface area contributed by atoms with E-state index < -0.39 is 40.4 Å².